The van der Waals surface area contributed by atoms with Crippen molar-refractivity contribution >= 4 is 44.2 Å². The number of nitrogens with one attached hydrogen (secondary N) is 2. The van der Waals surface area contributed by atoms with E-state index < -0.39 is 0 Å². The second kappa shape index (κ2) is 8.04. The Bertz CT molecular complexity index is 1390. The zero-order valence-electron chi connectivity index (χ0n) is 17.5. The van der Waals surface area contributed by atoms with Crippen LogP contribution in [0.3, 0.4) is 0 Å². The molecule has 0 radical (unpaired) electrons. The van der Waals surface area contributed by atoms with Gasteiger partial charge in [0.25, 0.3) is 5.56 Å². The number of ether oxygens (including phenoxy) is 1. The Balaban J connectivity index is 1.38. The topological polar surface area (TPSA) is 111 Å². The average Bonchev–Trinajstić information content (AvgIpc) is 3.51. The number of amides is 1. The number of carbonyl (C=O) groups is 1. The van der Waals surface area contributed by atoms with Gasteiger partial charge in [-0.15, -0.1) is 0 Å². The molecule has 4 aromatic heterocycles. The molecule has 0 bridgehead atoms. The Kier molecular flexibility index (Phi) is 5.06. The molecule has 0 aliphatic heterocycles. The molecule has 0 spiro atoms. The summed E-state index contributed by atoms with van der Waals surface area (Å²) >= 11 is 1.39. The molecule has 2 N–H and O–H groups in total. The molecule has 32 heavy (non-hydrogen) atoms. The van der Waals surface area contributed by atoms with Gasteiger partial charge in [-0.2, -0.15) is 4.98 Å². The monoisotopic (exact) mass is 448 g/mol. The Labute approximate surface area is 187 Å². The standard InChI is InChI=1S/C22H20N6O3S/c1-12(29)25-19-9-15(5-6-23-19)31-16-8-18-20(24-10-16)27-22(32-18)26-17-7-14(13-3-4-13)11-28(2)21(17)30/h5-11,13H,3-4H2,1-2H3,(H,23,25,29)(H,24,26,27). The van der Waals surface area contributed by atoms with Gasteiger partial charge in [0.1, 0.15) is 23.0 Å². The number of pyridine rings is 3. The summed E-state index contributed by atoms with van der Waals surface area (Å²) in [6.45, 7) is 1.42. The van der Waals surface area contributed by atoms with Gasteiger partial charge in [-0.3, -0.25) is 9.59 Å². The summed E-state index contributed by atoms with van der Waals surface area (Å²) in [6, 6.07) is 7.08. The Morgan fingerprint density at radius 1 is 1.22 bits per heavy atom. The molecule has 9 nitrogen and oxygen atoms in total. The van der Waals surface area contributed by atoms with Crippen molar-refractivity contribution in [3.05, 3.63) is 58.8 Å². The predicted molar refractivity (Wildman–Crippen MR) is 123 cm³/mol. The number of thiazole rings is 1. The van der Waals surface area contributed by atoms with E-state index >= 15 is 0 Å². The van der Waals surface area contributed by atoms with Crippen LogP contribution < -0.4 is 20.9 Å². The van der Waals surface area contributed by atoms with Crippen LogP contribution in [0, 0.1) is 0 Å². The summed E-state index contributed by atoms with van der Waals surface area (Å²) in [7, 11) is 1.76. The largest absolute Gasteiger partial charge is 0.455 e. The Morgan fingerprint density at radius 3 is 2.84 bits per heavy atom. The normalized spacial score (nSPS) is 13.2. The van der Waals surface area contributed by atoms with Crippen LogP contribution in [-0.4, -0.2) is 25.4 Å². The number of aromatic nitrogens is 4. The lowest BCUT2D eigenvalue weighted by Gasteiger charge is -2.08. The Morgan fingerprint density at radius 2 is 2.06 bits per heavy atom. The van der Waals surface area contributed by atoms with Gasteiger partial charge in [0, 0.05) is 38.5 Å². The molecule has 1 fully saturated rings. The third-order valence-corrected chi connectivity index (χ3v) is 5.89. The summed E-state index contributed by atoms with van der Waals surface area (Å²) in [5.74, 6) is 1.79. The number of hydrogen-bond donors (Lipinski definition) is 2. The van der Waals surface area contributed by atoms with E-state index in [1.165, 1.54) is 23.8 Å². The lowest BCUT2D eigenvalue weighted by molar-refractivity contribution is -0.114. The van der Waals surface area contributed by atoms with Crippen LogP contribution in [0.1, 0.15) is 31.2 Å². The number of fused-ring (bicyclic) bond motifs is 1. The first-order valence-electron chi connectivity index (χ1n) is 10.1. The van der Waals surface area contributed by atoms with Gasteiger partial charge in [-0.1, -0.05) is 11.3 Å². The number of anilines is 3. The van der Waals surface area contributed by atoms with Crippen LogP contribution >= 0.6 is 11.3 Å². The summed E-state index contributed by atoms with van der Waals surface area (Å²) in [5, 5.41) is 6.38. The smallest absolute Gasteiger partial charge is 0.274 e. The van der Waals surface area contributed by atoms with E-state index in [1.54, 1.807) is 36.1 Å². The van der Waals surface area contributed by atoms with E-state index in [2.05, 4.69) is 25.6 Å². The molecule has 10 heteroatoms. The first-order valence-corrected chi connectivity index (χ1v) is 10.9. The van der Waals surface area contributed by atoms with Crippen molar-refractivity contribution in [2.45, 2.75) is 25.7 Å². The van der Waals surface area contributed by atoms with Gasteiger partial charge in [0.2, 0.25) is 5.91 Å². The number of hydrogen-bond acceptors (Lipinski definition) is 8. The van der Waals surface area contributed by atoms with Gasteiger partial charge in [-0.25, -0.2) is 9.97 Å². The van der Waals surface area contributed by atoms with Crippen molar-refractivity contribution in [3.8, 4) is 11.5 Å². The molecule has 1 aliphatic carbocycles. The summed E-state index contributed by atoms with van der Waals surface area (Å²) < 4.78 is 8.30. The number of carbonyl (C=O) groups excluding carboxylic acids is 1. The minimum absolute atomic E-state index is 0.0988. The molecule has 5 rings (SSSR count). The highest BCUT2D eigenvalue weighted by Crippen LogP contribution is 2.40. The molecule has 1 amide bonds. The van der Waals surface area contributed by atoms with Gasteiger partial charge >= 0.3 is 0 Å². The molecule has 0 saturated heterocycles. The number of aryl methyl sites for hydroxylation is 1. The SMILES string of the molecule is CC(=O)Nc1cc(Oc2cnc3nc(Nc4cc(C5CC5)cn(C)c4=O)sc3c2)ccn1. The zero-order valence-corrected chi connectivity index (χ0v) is 18.3. The zero-order chi connectivity index (χ0) is 22.2. The van der Waals surface area contributed by atoms with Crippen molar-refractivity contribution < 1.29 is 9.53 Å². The van der Waals surface area contributed by atoms with E-state index in [0.717, 1.165) is 17.5 Å². The van der Waals surface area contributed by atoms with Crippen molar-refractivity contribution in [1.82, 2.24) is 19.5 Å². The van der Waals surface area contributed by atoms with Gasteiger partial charge in [-0.05, 0) is 36.5 Å². The molecule has 0 aromatic carbocycles. The van der Waals surface area contributed by atoms with Crippen molar-refractivity contribution in [2.24, 2.45) is 7.05 Å². The fourth-order valence-electron chi connectivity index (χ4n) is 3.35. The quantitative estimate of drug-likeness (QED) is 0.456. The van der Waals surface area contributed by atoms with Crippen molar-refractivity contribution in [3.63, 3.8) is 0 Å². The molecular weight excluding hydrogens is 428 g/mol. The molecule has 1 saturated carbocycles. The minimum Gasteiger partial charge on any atom is -0.455 e. The maximum atomic E-state index is 12.5. The van der Waals surface area contributed by atoms with E-state index in [1.807, 2.05) is 18.3 Å². The minimum atomic E-state index is -0.208. The predicted octanol–water partition coefficient (Wildman–Crippen LogP) is 4.16. The van der Waals surface area contributed by atoms with Crippen molar-refractivity contribution in [1.29, 1.82) is 0 Å². The molecule has 0 atom stereocenters. The number of rotatable bonds is 6. The lowest BCUT2D eigenvalue weighted by Crippen LogP contribution is -2.19. The van der Waals surface area contributed by atoms with E-state index in [4.69, 9.17) is 4.74 Å². The van der Waals surface area contributed by atoms with Crippen LogP contribution in [0.5, 0.6) is 11.5 Å². The lowest BCUT2D eigenvalue weighted by atomic mass is 10.2. The summed E-state index contributed by atoms with van der Waals surface area (Å²) in [4.78, 5) is 36.7. The van der Waals surface area contributed by atoms with Crippen LogP contribution in [0.4, 0.5) is 16.6 Å². The van der Waals surface area contributed by atoms with Gasteiger partial charge < -0.3 is 19.9 Å². The summed E-state index contributed by atoms with van der Waals surface area (Å²) in [6.07, 6.45) is 7.37. The third kappa shape index (κ3) is 4.30. The molecule has 4 heterocycles. The highest BCUT2D eigenvalue weighted by Gasteiger charge is 2.25. The van der Waals surface area contributed by atoms with Crippen LogP contribution in [-0.2, 0) is 11.8 Å². The first kappa shape index (κ1) is 20.1. The molecular formula is C22H20N6O3S. The van der Waals surface area contributed by atoms with Crippen LogP contribution in [0.25, 0.3) is 10.3 Å². The first-order chi connectivity index (χ1) is 15.4. The maximum Gasteiger partial charge on any atom is 0.274 e. The molecule has 1 aliphatic rings. The molecule has 4 aromatic rings. The van der Waals surface area contributed by atoms with Crippen molar-refractivity contribution in [2.75, 3.05) is 10.6 Å². The fourth-order valence-corrected chi connectivity index (χ4v) is 4.22. The maximum absolute atomic E-state index is 12.5. The van der Waals surface area contributed by atoms with Gasteiger partial charge in [0.05, 0.1) is 10.9 Å². The highest BCUT2D eigenvalue weighted by molar-refractivity contribution is 7.22. The highest BCUT2D eigenvalue weighted by atomic mass is 32.1. The molecule has 162 valence electrons. The van der Waals surface area contributed by atoms with E-state index in [-0.39, 0.29) is 11.5 Å². The van der Waals surface area contributed by atoms with Crippen LogP contribution in [0.15, 0.2) is 47.7 Å². The summed E-state index contributed by atoms with van der Waals surface area (Å²) in [5.41, 5.74) is 2.14. The second-order valence-electron chi connectivity index (χ2n) is 7.67. The average molecular weight is 449 g/mol. The van der Waals surface area contributed by atoms with Crippen LogP contribution in [0.2, 0.25) is 0 Å². The number of nitrogens with zero attached hydrogens (tertiary/aromatic N) is 4. The van der Waals surface area contributed by atoms with E-state index in [9.17, 15) is 9.59 Å². The Hall–Kier alpha value is -3.79. The third-order valence-electron chi connectivity index (χ3n) is 4.99. The van der Waals surface area contributed by atoms with E-state index in [0.29, 0.717) is 39.7 Å². The fraction of sp³-hybridized carbons (Fsp3) is 0.227. The molecule has 0 unspecified atom stereocenters. The second-order valence-corrected chi connectivity index (χ2v) is 8.70. The van der Waals surface area contributed by atoms with Gasteiger partial charge in [0.15, 0.2) is 10.8 Å².